The number of benzene rings is 2. The van der Waals surface area contributed by atoms with Crippen molar-refractivity contribution in [2.75, 3.05) is 7.05 Å². The Morgan fingerprint density at radius 3 is 2.52 bits per heavy atom. The Labute approximate surface area is 140 Å². The third-order valence-corrected chi connectivity index (χ3v) is 3.21. The van der Waals surface area contributed by atoms with Crippen LogP contribution >= 0.6 is 0 Å². The van der Waals surface area contributed by atoms with Gasteiger partial charge in [0.2, 0.25) is 0 Å². The highest BCUT2D eigenvalue weighted by Gasteiger charge is 2.18. The molecule has 25 heavy (non-hydrogen) atoms. The van der Waals surface area contributed by atoms with Crippen molar-refractivity contribution in [3.8, 4) is 0 Å². The summed E-state index contributed by atoms with van der Waals surface area (Å²) in [4.78, 5) is 23.2. The molecular weight excluding hydrogens is 339 g/mol. The Kier molecular flexibility index (Phi) is 5.50. The van der Waals surface area contributed by atoms with Gasteiger partial charge in [0.25, 0.3) is 11.8 Å². The predicted octanol–water partition coefficient (Wildman–Crippen LogP) is 2.33. The second-order valence-corrected chi connectivity index (χ2v) is 4.85. The van der Waals surface area contributed by atoms with E-state index in [4.69, 9.17) is 5.21 Å². The minimum Gasteiger partial charge on any atom is -0.288 e. The van der Waals surface area contributed by atoms with Crippen LogP contribution in [0.2, 0.25) is 0 Å². The highest BCUT2D eigenvalue weighted by molar-refractivity contribution is 5.96. The fourth-order valence-electron chi connectivity index (χ4n) is 1.88. The van der Waals surface area contributed by atoms with E-state index in [2.05, 4.69) is 5.10 Å². The third-order valence-electron chi connectivity index (χ3n) is 3.21. The molecule has 0 heterocycles. The van der Waals surface area contributed by atoms with Crippen LogP contribution in [0.4, 0.5) is 13.2 Å². The van der Waals surface area contributed by atoms with Gasteiger partial charge in [0.1, 0.15) is 5.82 Å². The second-order valence-electron chi connectivity index (χ2n) is 4.85. The SMILES string of the molecule is CN(/N=C/c1ccc(C(=O)NO)cc1F)C(=O)c1cccc(F)c1F. The van der Waals surface area contributed by atoms with Gasteiger partial charge < -0.3 is 0 Å². The molecule has 0 aliphatic rings. The van der Waals surface area contributed by atoms with E-state index in [-0.39, 0.29) is 11.1 Å². The predicted molar refractivity (Wildman–Crippen MR) is 81.7 cm³/mol. The molecule has 9 heteroatoms. The minimum atomic E-state index is -1.31. The average Bonchev–Trinajstić information content (AvgIpc) is 2.61. The van der Waals surface area contributed by atoms with Gasteiger partial charge in [0, 0.05) is 18.2 Å². The first kappa shape index (κ1) is 18.1. The fourth-order valence-corrected chi connectivity index (χ4v) is 1.88. The Morgan fingerprint density at radius 1 is 1.16 bits per heavy atom. The summed E-state index contributed by atoms with van der Waals surface area (Å²) in [6, 6.07) is 6.42. The smallest absolute Gasteiger partial charge is 0.276 e. The van der Waals surface area contributed by atoms with E-state index in [0.717, 1.165) is 24.4 Å². The fraction of sp³-hybridized carbons (Fsp3) is 0.0625. The molecule has 0 radical (unpaired) electrons. The summed E-state index contributed by atoms with van der Waals surface area (Å²) < 4.78 is 40.6. The summed E-state index contributed by atoms with van der Waals surface area (Å²) in [6.45, 7) is 0. The molecule has 0 bridgehead atoms. The Balaban J connectivity index is 2.19. The molecule has 0 aliphatic carbocycles. The van der Waals surface area contributed by atoms with Crippen LogP contribution in [0.5, 0.6) is 0 Å². The lowest BCUT2D eigenvalue weighted by molar-refractivity contribution is 0.0705. The first-order chi connectivity index (χ1) is 11.8. The van der Waals surface area contributed by atoms with Gasteiger partial charge >= 0.3 is 0 Å². The number of carbonyl (C=O) groups excluding carboxylic acids is 2. The molecular formula is C16H12F3N3O3. The molecule has 0 fully saturated rings. The number of nitrogens with zero attached hydrogens (tertiary/aromatic N) is 2. The molecule has 2 N–H and O–H groups in total. The summed E-state index contributed by atoms with van der Waals surface area (Å²) in [7, 11) is 1.19. The number of rotatable bonds is 4. The third kappa shape index (κ3) is 4.01. The normalized spacial score (nSPS) is 10.8. The van der Waals surface area contributed by atoms with Gasteiger partial charge in [0.15, 0.2) is 11.6 Å². The van der Waals surface area contributed by atoms with Gasteiger partial charge in [-0.1, -0.05) is 6.07 Å². The Hall–Kier alpha value is -3.20. The maximum atomic E-state index is 13.9. The van der Waals surface area contributed by atoms with Crippen molar-refractivity contribution < 1.29 is 28.0 Å². The summed E-state index contributed by atoms with van der Waals surface area (Å²) in [5.74, 6) is -5.13. The highest BCUT2D eigenvalue weighted by atomic mass is 19.2. The van der Waals surface area contributed by atoms with Gasteiger partial charge in [-0.3, -0.25) is 14.8 Å². The van der Waals surface area contributed by atoms with Gasteiger partial charge in [0.05, 0.1) is 11.8 Å². The van der Waals surface area contributed by atoms with Crippen LogP contribution in [0.1, 0.15) is 26.3 Å². The van der Waals surface area contributed by atoms with E-state index in [9.17, 15) is 22.8 Å². The van der Waals surface area contributed by atoms with E-state index < -0.39 is 34.8 Å². The van der Waals surface area contributed by atoms with Crippen LogP contribution in [0.25, 0.3) is 0 Å². The molecule has 0 spiro atoms. The first-order valence-corrected chi connectivity index (χ1v) is 6.85. The van der Waals surface area contributed by atoms with Crippen molar-refractivity contribution in [2.24, 2.45) is 5.10 Å². The van der Waals surface area contributed by atoms with Crippen LogP contribution < -0.4 is 5.48 Å². The standard InChI is InChI=1S/C16H12F3N3O3/c1-22(16(24)11-3-2-4-12(17)14(11)19)20-8-10-6-5-9(7-13(10)18)15(23)21-25/h2-8,25H,1H3,(H,21,23)/b20-8+. The van der Waals surface area contributed by atoms with Crippen molar-refractivity contribution in [3.05, 3.63) is 70.5 Å². The van der Waals surface area contributed by atoms with E-state index in [1.807, 2.05) is 0 Å². The molecule has 2 aromatic rings. The first-order valence-electron chi connectivity index (χ1n) is 6.85. The van der Waals surface area contributed by atoms with Crippen LogP contribution in [0, 0.1) is 17.5 Å². The zero-order valence-electron chi connectivity index (χ0n) is 12.8. The van der Waals surface area contributed by atoms with Crippen LogP contribution in [0.3, 0.4) is 0 Å². The summed E-state index contributed by atoms with van der Waals surface area (Å²) >= 11 is 0. The van der Waals surface area contributed by atoms with E-state index in [1.54, 1.807) is 0 Å². The van der Waals surface area contributed by atoms with Crippen molar-refractivity contribution >= 4 is 18.0 Å². The monoisotopic (exact) mass is 351 g/mol. The largest absolute Gasteiger partial charge is 0.288 e. The van der Waals surface area contributed by atoms with Crippen molar-refractivity contribution in [2.45, 2.75) is 0 Å². The van der Waals surface area contributed by atoms with E-state index in [0.29, 0.717) is 5.01 Å². The second kappa shape index (κ2) is 7.58. The lowest BCUT2D eigenvalue weighted by Crippen LogP contribution is -2.23. The molecule has 0 saturated heterocycles. The zero-order chi connectivity index (χ0) is 18.6. The minimum absolute atomic E-state index is 0.0612. The topological polar surface area (TPSA) is 82.0 Å². The molecule has 130 valence electrons. The molecule has 0 aliphatic heterocycles. The number of hydrogen-bond acceptors (Lipinski definition) is 4. The molecule has 0 saturated carbocycles. The van der Waals surface area contributed by atoms with Crippen LogP contribution in [-0.4, -0.2) is 35.3 Å². The van der Waals surface area contributed by atoms with Crippen molar-refractivity contribution in [1.29, 1.82) is 0 Å². The lowest BCUT2D eigenvalue weighted by atomic mass is 10.1. The van der Waals surface area contributed by atoms with Gasteiger partial charge in [-0.05, 0) is 30.3 Å². The van der Waals surface area contributed by atoms with Crippen molar-refractivity contribution in [3.63, 3.8) is 0 Å². The molecule has 6 nitrogen and oxygen atoms in total. The molecule has 0 atom stereocenters. The van der Waals surface area contributed by atoms with Crippen LogP contribution in [0.15, 0.2) is 41.5 Å². The van der Waals surface area contributed by atoms with Crippen molar-refractivity contribution in [1.82, 2.24) is 10.5 Å². The van der Waals surface area contributed by atoms with Gasteiger partial charge in [-0.15, -0.1) is 0 Å². The number of carbonyl (C=O) groups is 2. The number of nitrogens with one attached hydrogen (secondary N) is 1. The molecule has 0 aromatic heterocycles. The van der Waals surface area contributed by atoms with E-state index >= 15 is 0 Å². The van der Waals surface area contributed by atoms with Gasteiger partial charge in [-0.2, -0.15) is 5.10 Å². The lowest BCUT2D eigenvalue weighted by Gasteiger charge is -2.11. The number of halogens is 3. The Morgan fingerprint density at radius 2 is 1.88 bits per heavy atom. The average molecular weight is 351 g/mol. The summed E-state index contributed by atoms with van der Waals surface area (Å²) in [5, 5.41) is 12.9. The van der Waals surface area contributed by atoms with Gasteiger partial charge in [-0.25, -0.2) is 23.7 Å². The number of hydroxylamine groups is 1. The maximum absolute atomic E-state index is 13.9. The summed E-state index contributed by atoms with van der Waals surface area (Å²) in [6.07, 6.45) is 0.977. The number of amides is 2. The molecule has 2 rings (SSSR count). The molecule has 0 unspecified atom stereocenters. The number of hydrazone groups is 1. The Bertz CT molecular complexity index is 856. The van der Waals surface area contributed by atoms with E-state index in [1.165, 1.54) is 30.7 Å². The maximum Gasteiger partial charge on any atom is 0.276 e. The van der Waals surface area contributed by atoms with Crippen LogP contribution in [-0.2, 0) is 0 Å². The zero-order valence-corrected chi connectivity index (χ0v) is 12.8. The highest BCUT2D eigenvalue weighted by Crippen LogP contribution is 2.14. The number of hydrogen-bond donors (Lipinski definition) is 2. The molecule has 2 amide bonds. The summed E-state index contributed by atoms with van der Waals surface area (Å²) in [5.41, 5.74) is 0.661. The quantitative estimate of drug-likeness (QED) is 0.504. The molecule has 2 aromatic carbocycles.